The lowest BCUT2D eigenvalue weighted by atomic mass is 9.41. The van der Waals surface area contributed by atoms with Crippen molar-refractivity contribution >= 4 is 0 Å². The van der Waals surface area contributed by atoms with Crippen molar-refractivity contribution in [3.8, 4) is 0 Å². The molecule has 0 aromatic heterocycles. The van der Waals surface area contributed by atoms with Crippen molar-refractivity contribution in [3.63, 3.8) is 0 Å². The van der Waals surface area contributed by atoms with Gasteiger partial charge in [-0.2, -0.15) is 0 Å². The number of aliphatic hydroxyl groups is 1. The highest BCUT2D eigenvalue weighted by molar-refractivity contribution is 5.30. The van der Waals surface area contributed by atoms with E-state index in [4.69, 9.17) is 0 Å². The Morgan fingerprint density at radius 3 is 2.21 bits per heavy atom. The first kappa shape index (κ1) is 19.9. The summed E-state index contributed by atoms with van der Waals surface area (Å²) in [5, 5.41) is 9.58. The van der Waals surface area contributed by atoms with Crippen LogP contribution in [0.5, 0.6) is 0 Å². The molecule has 0 amide bonds. The van der Waals surface area contributed by atoms with Crippen LogP contribution in [0.3, 0.4) is 0 Å². The SMILES string of the molecule is C[C@H](CCO)[C@H]1CC[C@@]2(C)[C@@H]3CC[C@H]4C(C)(C)[C@@H](C)CC[C@@]45C[C@@]35CC[C@]12C. The fourth-order valence-corrected chi connectivity index (χ4v) is 10.9. The first-order valence-corrected chi connectivity index (χ1v) is 12.7. The zero-order valence-electron chi connectivity index (χ0n) is 19.6. The van der Waals surface area contributed by atoms with E-state index in [-0.39, 0.29) is 0 Å². The molecule has 5 aliphatic carbocycles. The fourth-order valence-electron chi connectivity index (χ4n) is 10.9. The molecule has 0 unspecified atom stereocenters. The minimum absolute atomic E-state index is 0.371. The van der Waals surface area contributed by atoms with Gasteiger partial charge in [-0.25, -0.2) is 0 Å². The zero-order valence-corrected chi connectivity index (χ0v) is 19.6. The maximum absolute atomic E-state index is 9.58. The lowest BCUT2D eigenvalue weighted by Crippen LogP contribution is -2.56. The Hall–Kier alpha value is -0.0400. The summed E-state index contributed by atoms with van der Waals surface area (Å²) in [4.78, 5) is 0. The van der Waals surface area contributed by atoms with Crippen LogP contribution in [0.4, 0.5) is 0 Å². The molecule has 1 nitrogen and oxygen atoms in total. The van der Waals surface area contributed by atoms with Crippen LogP contribution in [-0.4, -0.2) is 11.7 Å². The predicted octanol–water partition coefficient (Wildman–Crippen LogP) is 7.08. The first-order valence-electron chi connectivity index (χ1n) is 12.7. The van der Waals surface area contributed by atoms with Gasteiger partial charge in [0.05, 0.1) is 0 Å². The third-order valence-corrected chi connectivity index (χ3v) is 13.0. The van der Waals surface area contributed by atoms with Gasteiger partial charge in [0.1, 0.15) is 0 Å². The predicted molar refractivity (Wildman–Crippen MR) is 117 cm³/mol. The van der Waals surface area contributed by atoms with Gasteiger partial charge in [-0.3, -0.25) is 0 Å². The van der Waals surface area contributed by atoms with Crippen molar-refractivity contribution in [2.24, 2.45) is 56.7 Å². The molecule has 160 valence electrons. The molecule has 0 aromatic carbocycles. The third-order valence-electron chi connectivity index (χ3n) is 13.0. The highest BCUT2D eigenvalue weighted by atomic mass is 16.3. The first-order chi connectivity index (χ1) is 13.1. The zero-order chi connectivity index (χ0) is 20.2. The minimum atomic E-state index is 0.371. The van der Waals surface area contributed by atoms with Crippen molar-refractivity contribution in [1.82, 2.24) is 0 Å². The van der Waals surface area contributed by atoms with Gasteiger partial charge in [0.15, 0.2) is 0 Å². The number of hydrogen-bond donors (Lipinski definition) is 1. The molecule has 0 bridgehead atoms. The highest BCUT2D eigenvalue weighted by Gasteiger charge is 2.81. The summed E-state index contributed by atoms with van der Waals surface area (Å²) in [6, 6.07) is 0. The second-order valence-corrected chi connectivity index (χ2v) is 13.4. The molecule has 9 atom stereocenters. The van der Waals surface area contributed by atoms with Crippen LogP contribution in [0.1, 0.15) is 106 Å². The Morgan fingerprint density at radius 1 is 0.821 bits per heavy atom. The Labute approximate surface area is 174 Å². The Morgan fingerprint density at radius 2 is 1.50 bits per heavy atom. The lowest BCUT2D eigenvalue weighted by Gasteiger charge is -2.63. The van der Waals surface area contributed by atoms with E-state index in [1.165, 1.54) is 51.4 Å². The Bertz CT molecular complexity index is 653. The van der Waals surface area contributed by atoms with Crippen LogP contribution in [-0.2, 0) is 0 Å². The summed E-state index contributed by atoms with van der Waals surface area (Å²) in [5.41, 5.74) is 3.01. The smallest absolute Gasteiger partial charge is 0.0433 e. The van der Waals surface area contributed by atoms with Crippen LogP contribution in [0.15, 0.2) is 0 Å². The maximum atomic E-state index is 9.58. The largest absolute Gasteiger partial charge is 0.396 e. The molecule has 5 aliphatic rings. The number of hydrogen-bond acceptors (Lipinski definition) is 1. The van der Waals surface area contributed by atoms with Crippen LogP contribution < -0.4 is 0 Å². The summed E-state index contributed by atoms with van der Waals surface area (Å²) in [7, 11) is 0. The topological polar surface area (TPSA) is 20.2 Å². The van der Waals surface area contributed by atoms with E-state index in [1.54, 1.807) is 6.42 Å². The van der Waals surface area contributed by atoms with Crippen molar-refractivity contribution < 1.29 is 5.11 Å². The molecule has 5 fully saturated rings. The van der Waals surface area contributed by atoms with Crippen LogP contribution in [0, 0.1) is 56.7 Å². The van der Waals surface area contributed by atoms with Gasteiger partial charge >= 0.3 is 0 Å². The van der Waals surface area contributed by atoms with Gasteiger partial charge in [-0.15, -0.1) is 0 Å². The molecule has 1 heteroatoms. The Balaban J connectivity index is 1.49. The number of rotatable bonds is 3. The van der Waals surface area contributed by atoms with E-state index in [9.17, 15) is 5.11 Å². The molecule has 0 saturated heterocycles. The Kier molecular flexibility index (Phi) is 4.12. The van der Waals surface area contributed by atoms with E-state index >= 15 is 0 Å². The second-order valence-electron chi connectivity index (χ2n) is 13.4. The normalized spacial score (nSPS) is 57.5. The molecule has 0 aliphatic heterocycles. The van der Waals surface area contributed by atoms with Gasteiger partial charge in [-0.1, -0.05) is 41.5 Å². The fraction of sp³-hybridized carbons (Fsp3) is 1.00. The molecule has 0 aromatic rings. The molecule has 0 radical (unpaired) electrons. The van der Waals surface area contributed by atoms with Gasteiger partial charge in [-0.05, 0) is 121 Å². The molecular formula is C27H46O. The van der Waals surface area contributed by atoms with E-state index in [2.05, 4.69) is 41.5 Å². The van der Waals surface area contributed by atoms with Crippen molar-refractivity contribution in [2.45, 2.75) is 106 Å². The maximum Gasteiger partial charge on any atom is 0.0433 e. The quantitative estimate of drug-likeness (QED) is 0.549. The van der Waals surface area contributed by atoms with Gasteiger partial charge < -0.3 is 5.11 Å². The molecular weight excluding hydrogens is 340 g/mol. The molecule has 2 spiro atoms. The van der Waals surface area contributed by atoms with Crippen LogP contribution >= 0.6 is 0 Å². The standard InChI is InChI=1S/C27H46O/c1-18(11-16-28)20-10-12-25(6)22-8-7-21-23(3,4)19(2)9-13-26(21)17-27(22,26)15-14-24(20,25)5/h18-22,28H,7-17H2,1-6H3/t18-,19+,20-,21+,22+,24-,25+,26-,27+/m1/s1. The van der Waals surface area contributed by atoms with Crippen LogP contribution in [0.25, 0.3) is 0 Å². The number of aliphatic hydroxyl groups excluding tert-OH is 1. The van der Waals surface area contributed by atoms with E-state index in [0.29, 0.717) is 39.6 Å². The van der Waals surface area contributed by atoms with Gasteiger partial charge in [0.2, 0.25) is 0 Å². The summed E-state index contributed by atoms with van der Waals surface area (Å²) < 4.78 is 0. The van der Waals surface area contributed by atoms with Crippen molar-refractivity contribution in [1.29, 1.82) is 0 Å². The average Bonchev–Trinajstić information content (AvgIpc) is 3.22. The monoisotopic (exact) mass is 386 g/mol. The lowest BCUT2D eigenvalue weighted by molar-refractivity contribution is -0.149. The van der Waals surface area contributed by atoms with Gasteiger partial charge in [0.25, 0.3) is 0 Å². The van der Waals surface area contributed by atoms with Crippen molar-refractivity contribution in [3.05, 3.63) is 0 Å². The third kappa shape index (κ3) is 2.04. The number of fused-ring (bicyclic) bond motifs is 2. The minimum Gasteiger partial charge on any atom is -0.396 e. The summed E-state index contributed by atoms with van der Waals surface area (Å²) >= 11 is 0. The highest BCUT2D eigenvalue weighted by Crippen LogP contribution is 2.89. The van der Waals surface area contributed by atoms with Crippen molar-refractivity contribution in [2.75, 3.05) is 6.61 Å². The van der Waals surface area contributed by atoms with E-state index < -0.39 is 0 Å². The molecule has 0 heterocycles. The van der Waals surface area contributed by atoms with E-state index in [0.717, 1.165) is 30.1 Å². The second kappa shape index (κ2) is 5.80. The summed E-state index contributed by atoms with van der Waals surface area (Å²) in [6.45, 7) is 16.0. The average molecular weight is 387 g/mol. The summed E-state index contributed by atoms with van der Waals surface area (Å²) in [6.07, 6.45) is 14.5. The van der Waals surface area contributed by atoms with E-state index in [1.807, 2.05) is 0 Å². The molecule has 5 rings (SSSR count). The van der Waals surface area contributed by atoms with Gasteiger partial charge in [0, 0.05) is 6.61 Å². The van der Waals surface area contributed by atoms with Crippen LogP contribution in [0.2, 0.25) is 0 Å². The molecule has 1 N–H and O–H groups in total. The molecule has 5 saturated carbocycles. The molecule has 28 heavy (non-hydrogen) atoms. The summed E-state index contributed by atoms with van der Waals surface area (Å²) in [5.74, 6) is 4.38.